The Labute approximate surface area is 91.8 Å². The van der Waals surface area contributed by atoms with Gasteiger partial charge in [0.2, 0.25) is 0 Å². The minimum Gasteiger partial charge on any atom is -0.872 e. The van der Waals surface area contributed by atoms with Crippen LogP contribution >= 0.6 is 11.8 Å². The number of methoxy groups -OCH3 is 1. The molecule has 2 rings (SSSR count). The van der Waals surface area contributed by atoms with Gasteiger partial charge in [0.25, 0.3) is 0 Å². The van der Waals surface area contributed by atoms with Crippen LogP contribution in [0.2, 0.25) is 0 Å². The summed E-state index contributed by atoms with van der Waals surface area (Å²) in [5.74, 6) is -0.346. The van der Waals surface area contributed by atoms with Crippen molar-refractivity contribution >= 4 is 23.5 Å². The highest BCUT2D eigenvalue weighted by molar-refractivity contribution is 7.99. The Hall–Kier alpha value is -1.42. The molecule has 0 unspecified atom stereocenters. The SMILES string of the molecule is COC(=O)C1=C([O-])c2ccccc2SC1. The van der Waals surface area contributed by atoms with Crippen molar-refractivity contribution in [3.05, 3.63) is 35.4 Å². The van der Waals surface area contributed by atoms with Crippen molar-refractivity contribution in [3.63, 3.8) is 0 Å². The number of hydrogen-bond acceptors (Lipinski definition) is 4. The van der Waals surface area contributed by atoms with Gasteiger partial charge in [0, 0.05) is 16.2 Å². The normalized spacial score (nSPS) is 14.7. The number of carbonyl (C=O) groups is 1. The summed E-state index contributed by atoms with van der Waals surface area (Å²) >= 11 is 1.49. The van der Waals surface area contributed by atoms with Crippen LogP contribution in [-0.4, -0.2) is 18.8 Å². The van der Waals surface area contributed by atoms with E-state index in [-0.39, 0.29) is 11.3 Å². The molecule has 78 valence electrons. The second kappa shape index (κ2) is 3.98. The lowest BCUT2D eigenvalue weighted by molar-refractivity contribution is -0.245. The minimum absolute atomic E-state index is 0.212. The maximum Gasteiger partial charge on any atom is 0.333 e. The topological polar surface area (TPSA) is 49.4 Å². The second-order valence-corrected chi connectivity index (χ2v) is 4.10. The third-order valence-corrected chi connectivity index (χ3v) is 3.31. The summed E-state index contributed by atoms with van der Waals surface area (Å²) in [4.78, 5) is 12.2. The molecule has 1 aromatic rings. The Balaban J connectivity index is 2.49. The fourth-order valence-corrected chi connectivity index (χ4v) is 2.47. The minimum atomic E-state index is -0.526. The average Bonchev–Trinajstić information content (AvgIpc) is 2.29. The van der Waals surface area contributed by atoms with E-state index >= 15 is 0 Å². The number of fused-ring (bicyclic) bond motifs is 1. The van der Waals surface area contributed by atoms with E-state index in [0.29, 0.717) is 11.3 Å². The number of carbonyl (C=O) groups excluding carboxylic acids is 1. The van der Waals surface area contributed by atoms with Crippen LogP contribution in [0.25, 0.3) is 5.76 Å². The summed E-state index contributed by atoms with van der Waals surface area (Å²) in [6.07, 6.45) is 0. The summed E-state index contributed by atoms with van der Waals surface area (Å²) in [6.45, 7) is 0. The van der Waals surface area contributed by atoms with Crippen molar-refractivity contribution in [2.24, 2.45) is 0 Å². The summed E-state index contributed by atoms with van der Waals surface area (Å²) in [5.41, 5.74) is 0.815. The van der Waals surface area contributed by atoms with Crippen LogP contribution in [0.4, 0.5) is 0 Å². The van der Waals surface area contributed by atoms with Crippen LogP contribution in [0.3, 0.4) is 0 Å². The van der Waals surface area contributed by atoms with Crippen molar-refractivity contribution in [2.45, 2.75) is 4.90 Å². The highest BCUT2D eigenvalue weighted by Gasteiger charge is 2.18. The molecule has 0 N–H and O–H groups in total. The van der Waals surface area contributed by atoms with E-state index in [1.165, 1.54) is 18.9 Å². The van der Waals surface area contributed by atoms with Crippen LogP contribution in [0.15, 0.2) is 34.7 Å². The number of ether oxygens (including phenoxy) is 1. The van der Waals surface area contributed by atoms with Crippen molar-refractivity contribution in [1.29, 1.82) is 0 Å². The van der Waals surface area contributed by atoms with E-state index in [4.69, 9.17) is 0 Å². The molecule has 0 aromatic heterocycles. The van der Waals surface area contributed by atoms with Crippen LogP contribution in [-0.2, 0) is 9.53 Å². The van der Waals surface area contributed by atoms with Gasteiger partial charge in [-0.15, -0.1) is 11.8 Å². The first-order valence-electron chi connectivity index (χ1n) is 4.44. The highest BCUT2D eigenvalue weighted by atomic mass is 32.2. The number of hydrogen-bond donors (Lipinski definition) is 0. The number of rotatable bonds is 1. The first-order valence-corrected chi connectivity index (χ1v) is 5.43. The fraction of sp³-hybridized carbons (Fsp3) is 0.182. The summed E-state index contributed by atoms with van der Waals surface area (Å²) in [5, 5.41) is 11.9. The molecular weight excluding hydrogens is 212 g/mol. The first-order chi connectivity index (χ1) is 7.24. The molecule has 0 saturated heterocycles. The van der Waals surface area contributed by atoms with E-state index in [0.717, 1.165) is 4.90 Å². The number of esters is 1. The molecule has 0 saturated carbocycles. The Morgan fingerprint density at radius 2 is 2.20 bits per heavy atom. The molecule has 4 heteroatoms. The zero-order chi connectivity index (χ0) is 10.8. The Morgan fingerprint density at radius 3 is 2.93 bits per heavy atom. The molecule has 3 nitrogen and oxygen atoms in total. The van der Waals surface area contributed by atoms with Gasteiger partial charge in [0.05, 0.1) is 7.11 Å². The van der Waals surface area contributed by atoms with Crippen LogP contribution in [0, 0.1) is 0 Å². The number of thioether (sulfide) groups is 1. The summed E-state index contributed by atoms with van der Waals surface area (Å²) < 4.78 is 4.56. The molecule has 0 bridgehead atoms. The molecule has 0 fully saturated rings. The van der Waals surface area contributed by atoms with Crippen molar-refractivity contribution in [2.75, 3.05) is 12.9 Å². The van der Waals surface area contributed by atoms with Crippen LogP contribution < -0.4 is 5.11 Å². The van der Waals surface area contributed by atoms with Gasteiger partial charge < -0.3 is 9.84 Å². The molecule has 0 aliphatic carbocycles. The lowest BCUT2D eigenvalue weighted by Crippen LogP contribution is -2.19. The Bertz CT molecular complexity index is 437. The third kappa shape index (κ3) is 1.72. The van der Waals surface area contributed by atoms with E-state index in [1.54, 1.807) is 12.1 Å². The van der Waals surface area contributed by atoms with Gasteiger partial charge in [0.15, 0.2) is 0 Å². The summed E-state index contributed by atoms with van der Waals surface area (Å²) in [7, 11) is 1.29. The van der Waals surface area contributed by atoms with Crippen LogP contribution in [0.1, 0.15) is 5.56 Å². The van der Waals surface area contributed by atoms with E-state index in [9.17, 15) is 9.90 Å². The maximum atomic E-state index is 11.9. The Kier molecular flexibility index (Phi) is 2.68. The van der Waals surface area contributed by atoms with Crippen molar-refractivity contribution in [3.8, 4) is 0 Å². The van der Waals surface area contributed by atoms with Gasteiger partial charge in [0.1, 0.15) is 0 Å². The average molecular weight is 221 g/mol. The first kappa shape index (κ1) is 10.1. The molecule has 1 aliphatic rings. The molecule has 15 heavy (non-hydrogen) atoms. The van der Waals surface area contributed by atoms with Crippen molar-refractivity contribution < 1.29 is 14.6 Å². The molecule has 1 aliphatic heterocycles. The smallest absolute Gasteiger partial charge is 0.333 e. The van der Waals surface area contributed by atoms with Gasteiger partial charge in [-0.1, -0.05) is 24.0 Å². The van der Waals surface area contributed by atoms with E-state index in [2.05, 4.69) is 4.74 Å². The zero-order valence-electron chi connectivity index (χ0n) is 8.15. The van der Waals surface area contributed by atoms with Crippen LogP contribution in [0.5, 0.6) is 0 Å². The molecule has 0 spiro atoms. The largest absolute Gasteiger partial charge is 0.872 e. The van der Waals surface area contributed by atoms with Crippen molar-refractivity contribution in [1.82, 2.24) is 0 Å². The lowest BCUT2D eigenvalue weighted by Gasteiger charge is -2.25. The molecule has 0 radical (unpaired) electrons. The molecule has 0 amide bonds. The number of benzene rings is 1. The predicted molar refractivity (Wildman–Crippen MR) is 56.1 cm³/mol. The predicted octanol–water partition coefficient (Wildman–Crippen LogP) is 1.04. The Morgan fingerprint density at radius 1 is 1.47 bits per heavy atom. The van der Waals surface area contributed by atoms with Gasteiger partial charge >= 0.3 is 5.97 Å². The zero-order valence-corrected chi connectivity index (χ0v) is 8.97. The fourth-order valence-electron chi connectivity index (χ4n) is 1.43. The van der Waals surface area contributed by atoms with Gasteiger partial charge in [-0.05, 0) is 11.6 Å². The second-order valence-electron chi connectivity index (χ2n) is 3.08. The third-order valence-electron chi connectivity index (χ3n) is 2.21. The quantitative estimate of drug-likeness (QED) is 0.665. The van der Waals surface area contributed by atoms with E-state index in [1.807, 2.05) is 12.1 Å². The van der Waals surface area contributed by atoms with Gasteiger partial charge in [-0.3, -0.25) is 0 Å². The molecular formula is C11H9O3S-. The lowest BCUT2D eigenvalue weighted by atomic mass is 10.1. The van der Waals surface area contributed by atoms with E-state index < -0.39 is 5.97 Å². The monoisotopic (exact) mass is 221 g/mol. The molecule has 1 heterocycles. The van der Waals surface area contributed by atoms with Gasteiger partial charge in [-0.25, -0.2) is 4.79 Å². The highest BCUT2D eigenvalue weighted by Crippen LogP contribution is 2.34. The van der Waals surface area contributed by atoms with Gasteiger partial charge in [-0.2, -0.15) is 0 Å². The summed E-state index contributed by atoms with van der Waals surface area (Å²) in [6, 6.07) is 7.28. The molecule has 1 aromatic carbocycles. The standard InChI is InChI=1S/C11H10O3S/c1-14-11(13)8-6-15-9-5-3-2-4-7(9)10(8)12/h2-5,12H,6H2,1H3/p-1. The maximum absolute atomic E-state index is 11.9. The molecule has 0 atom stereocenters.